The van der Waals surface area contributed by atoms with E-state index in [0.717, 1.165) is 26.1 Å². The highest BCUT2D eigenvalue weighted by molar-refractivity contribution is 6.32. The predicted molar refractivity (Wildman–Crippen MR) is 109 cm³/mol. The lowest BCUT2D eigenvalue weighted by atomic mass is 10.0. The third-order valence-corrected chi connectivity index (χ3v) is 4.96. The van der Waals surface area contributed by atoms with Crippen molar-refractivity contribution < 1.29 is 9.47 Å². The monoisotopic (exact) mass is 413 g/mol. The molecule has 0 bridgehead atoms. The number of nitrogens with one attached hydrogen (secondary N) is 1. The molecule has 0 spiro atoms. The van der Waals surface area contributed by atoms with E-state index in [0.29, 0.717) is 35.5 Å². The Morgan fingerprint density at radius 3 is 2.83 bits per heavy atom. The van der Waals surface area contributed by atoms with Crippen LogP contribution < -0.4 is 15.6 Å². The largest absolute Gasteiger partial charge is 0.438 e. The summed E-state index contributed by atoms with van der Waals surface area (Å²) in [6.45, 7) is 2.23. The molecule has 0 saturated carbocycles. The fourth-order valence-electron chi connectivity index (χ4n) is 3.08. The summed E-state index contributed by atoms with van der Waals surface area (Å²) >= 11 is 6.30. The van der Waals surface area contributed by atoms with E-state index in [-0.39, 0.29) is 10.6 Å². The highest BCUT2D eigenvalue weighted by atomic mass is 35.5. The number of anilines is 1. The van der Waals surface area contributed by atoms with Gasteiger partial charge >= 0.3 is 0 Å². The van der Waals surface area contributed by atoms with Crippen molar-refractivity contribution in [2.45, 2.75) is 12.8 Å². The predicted octanol–water partition coefficient (Wildman–Crippen LogP) is 3.31. The molecule has 0 amide bonds. The number of halogens is 1. The molecular formula is C20H20ClN5O3. The van der Waals surface area contributed by atoms with E-state index >= 15 is 0 Å². The number of benzene rings is 1. The topological polar surface area (TPSA) is 91.2 Å². The standard InChI is InChI=1S/C20H20ClN5O3/c21-19-17(24-10-14-2-1-9-28-13-14)11-25-26(20(19)27)15-3-5-16(6-4-15)29-18-12-22-7-8-23-18/h3-8,11-12,14,24H,1-2,9-10,13H2/t14-/m1/s1. The lowest BCUT2D eigenvalue weighted by Gasteiger charge is -2.22. The van der Waals surface area contributed by atoms with Crippen molar-refractivity contribution in [3.8, 4) is 17.3 Å². The second kappa shape index (κ2) is 9.02. The minimum Gasteiger partial charge on any atom is -0.438 e. The summed E-state index contributed by atoms with van der Waals surface area (Å²) in [5, 5.41) is 7.58. The first kappa shape index (κ1) is 19.4. The maximum atomic E-state index is 12.7. The Bertz CT molecular complexity index is 1000. The zero-order chi connectivity index (χ0) is 20.1. The van der Waals surface area contributed by atoms with Crippen LogP contribution in [0, 0.1) is 5.92 Å². The SMILES string of the molecule is O=c1c(Cl)c(NC[C@H]2CCCOC2)cnn1-c1ccc(Oc2cnccn2)cc1. The van der Waals surface area contributed by atoms with Gasteiger partial charge in [-0.2, -0.15) is 9.78 Å². The zero-order valence-electron chi connectivity index (χ0n) is 15.6. The van der Waals surface area contributed by atoms with Gasteiger partial charge in [0.25, 0.3) is 5.56 Å². The van der Waals surface area contributed by atoms with Crippen molar-refractivity contribution in [1.29, 1.82) is 0 Å². The van der Waals surface area contributed by atoms with Gasteiger partial charge in [-0.3, -0.25) is 9.78 Å². The van der Waals surface area contributed by atoms with Crippen molar-refractivity contribution >= 4 is 17.3 Å². The number of nitrogens with zero attached hydrogens (tertiary/aromatic N) is 4. The first-order valence-electron chi connectivity index (χ1n) is 9.34. The molecule has 3 heterocycles. The van der Waals surface area contributed by atoms with Crippen LogP contribution in [0.1, 0.15) is 12.8 Å². The first-order chi connectivity index (χ1) is 14.2. The summed E-state index contributed by atoms with van der Waals surface area (Å²) in [4.78, 5) is 20.7. The molecule has 0 unspecified atom stereocenters. The molecule has 1 saturated heterocycles. The second-order valence-corrected chi connectivity index (χ2v) is 7.07. The number of rotatable bonds is 6. The molecule has 2 aromatic heterocycles. The summed E-state index contributed by atoms with van der Waals surface area (Å²) in [5.74, 6) is 1.36. The Morgan fingerprint density at radius 2 is 2.10 bits per heavy atom. The smallest absolute Gasteiger partial charge is 0.292 e. The summed E-state index contributed by atoms with van der Waals surface area (Å²) in [6, 6.07) is 6.90. The minimum absolute atomic E-state index is 0.108. The van der Waals surface area contributed by atoms with Crippen LogP contribution in [-0.2, 0) is 4.74 Å². The molecule has 1 atom stereocenters. The van der Waals surface area contributed by atoms with Crippen LogP contribution in [0.4, 0.5) is 5.69 Å². The lowest BCUT2D eigenvalue weighted by molar-refractivity contribution is 0.0595. The van der Waals surface area contributed by atoms with Crippen molar-refractivity contribution in [3.63, 3.8) is 0 Å². The van der Waals surface area contributed by atoms with E-state index in [1.807, 2.05) is 0 Å². The number of ether oxygens (including phenoxy) is 2. The summed E-state index contributed by atoms with van der Waals surface area (Å²) in [7, 11) is 0. The molecule has 0 aliphatic carbocycles. The molecular weight excluding hydrogens is 394 g/mol. The van der Waals surface area contributed by atoms with Crippen LogP contribution in [0.5, 0.6) is 11.6 Å². The fourth-order valence-corrected chi connectivity index (χ4v) is 3.27. The van der Waals surface area contributed by atoms with Crippen molar-refractivity contribution in [2.24, 2.45) is 5.92 Å². The maximum Gasteiger partial charge on any atom is 0.292 e. The molecule has 9 heteroatoms. The van der Waals surface area contributed by atoms with Crippen molar-refractivity contribution in [3.05, 3.63) is 64.4 Å². The highest BCUT2D eigenvalue weighted by Crippen LogP contribution is 2.22. The molecule has 1 aliphatic heterocycles. The van der Waals surface area contributed by atoms with E-state index < -0.39 is 0 Å². The third-order valence-electron chi connectivity index (χ3n) is 4.60. The number of hydrogen-bond acceptors (Lipinski definition) is 7. The molecule has 3 aromatic rings. The Labute approximate surface area is 172 Å². The van der Waals surface area contributed by atoms with E-state index in [1.165, 1.54) is 10.9 Å². The molecule has 1 fully saturated rings. The van der Waals surface area contributed by atoms with Gasteiger partial charge in [0.15, 0.2) is 0 Å². The van der Waals surface area contributed by atoms with Gasteiger partial charge in [0.2, 0.25) is 5.88 Å². The molecule has 8 nitrogen and oxygen atoms in total. The van der Waals surface area contributed by atoms with Gasteiger partial charge < -0.3 is 14.8 Å². The summed E-state index contributed by atoms with van der Waals surface area (Å²) in [6.07, 6.45) is 8.35. The molecule has 0 radical (unpaired) electrons. The van der Waals surface area contributed by atoms with E-state index in [1.54, 1.807) is 42.9 Å². The van der Waals surface area contributed by atoms with E-state index in [2.05, 4.69) is 20.4 Å². The first-order valence-corrected chi connectivity index (χ1v) is 9.72. The highest BCUT2D eigenvalue weighted by Gasteiger charge is 2.16. The van der Waals surface area contributed by atoms with Gasteiger partial charge in [-0.25, -0.2) is 4.98 Å². The maximum absolute atomic E-state index is 12.7. The molecule has 1 aliphatic rings. The Kier molecular flexibility index (Phi) is 6.02. The van der Waals surface area contributed by atoms with E-state index in [9.17, 15) is 4.79 Å². The van der Waals surface area contributed by atoms with Crippen LogP contribution in [-0.4, -0.2) is 39.5 Å². The third kappa shape index (κ3) is 4.72. The molecule has 1 N–H and O–H groups in total. The summed E-state index contributed by atoms with van der Waals surface area (Å²) < 4.78 is 12.3. The van der Waals surface area contributed by atoms with Crippen LogP contribution in [0.3, 0.4) is 0 Å². The van der Waals surface area contributed by atoms with Crippen LogP contribution in [0.2, 0.25) is 5.02 Å². The van der Waals surface area contributed by atoms with Crippen molar-refractivity contribution in [1.82, 2.24) is 19.7 Å². The zero-order valence-corrected chi connectivity index (χ0v) is 16.4. The lowest BCUT2D eigenvalue weighted by Crippen LogP contribution is -2.26. The van der Waals surface area contributed by atoms with Crippen molar-refractivity contribution in [2.75, 3.05) is 25.1 Å². The second-order valence-electron chi connectivity index (χ2n) is 6.69. The molecule has 1 aromatic carbocycles. The van der Waals surface area contributed by atoms with Gasteiger partial charge in [0, 0.05) is 25.5 Å². The average Bonchev–Trinajstić information content (AvgIpc) is 2.77. The molecule has 29 heavy (non-hydrogen) atoms. The van der Waals surface area contributed by atoms with Gasteiger partial charge in [0.1, 0.15) is 10.8 Å². The van der Waals surface area contributed by atoms with Crippen LogP contribution >= 0.6 is 11.6 Å². The fraction of sp³-hybridized carbons (Fsp3) is 0.300. The van der Waals surface area contributed by atoms with Gasteiger partial charge in [-0.05, 0) is 43.0 Å². The van der Waals surface area contributed by atoms with Gasteiger partial charge in [0.05, 0.1) is 30.4 Å². The Hall–Kier alpha value is -2.97. The normalized spacial score (nSPS) is 16.4. The number of hydrogen-bond donors (Lipinski definition) is 1. The Balaban J connectivity index is 1.46. The minimum atomic E-state index is -0.390. The molecule has 4 rings (SSSR count). The number of aromatic nitrogens is 4. The van der Waals surface area contributed by atoms with Crippen LogP contribution in [0.15, 0.2) is 53.8 Å². The Morgan fingerprint density at radius 1 is 1.24 bits per heavy atom. The van der Waals surface area contributed by atoms with Crippen LogP contribution in [0.25, 0.3) is 5.69 Å². The molecule has 150 valence electrons. The quantitative estimate of drug-likeness (QED) is 0.662. The average molecular weight is 414 g/mol. The van der Waals surface area contributed by atoms with Gasteiger partial charge in [-0.15, -0.1) is 0 Å². The summed E-state index contributed by atoms with van der Waals surface area (Å²) in [5.41, 5.74) is 0.718. The van der Waals surface area contributed by atoms with E-state index in [4.69, 9.17) is 21.1 Å². The van der Waals surface area contributed by atoms with Gasteiger partial charge in [-0.1, -0.05) is 11.6 Å².